The minimum Gasteiger partial charge on any atom is -0.346 e. The Balaban J connectivity index is 1.76. The zero-order valence-corrected chi connectivity index (χ0v) is 14.2. The minimum absolute atomic E-state index is 0.0606. The van der Waals surface area contributed by atoms with Crippen LogP contribution in [0.2, 0.25) is 0 Å². The number of pyridine rings is 1. The van der Waals surface area contributed by atoms with Crippen LogP contribution in [0.5, 0.6) is 0 Å². The van der Waals surface area contributed by atoms with Gasteiger partial charge in [0, 0.05) is 57.1 Å². The van der Waals surface area contributed by atoms with Gasteiger partial charge in [-0.2, -0.15) is 5.10 Å². The second-order valence-corrected chi connectivity index (χ2v) is 6.06. The van der Waals surface area contributed by atoms with E-state index in [0.29, 0.717) is 25.2 Å². The van der Waals surface area contributed by atoms with Crippen LogP contribution in [-0.4, -0.2) is 38.0 Å². The van der Waals surface area contributed by atoms with Crippen LogP contribution in [0.15, 0.2) is 18.5 Å². The number of nitrogens with one attached hydrogen (secondary N) is 1. The molecule has 0 saturated carbocycles. The van der Waals surface area contributed by atoms with Crippen LogP contribution < -0.4 is 5.32 Å². The molecule has 3 heterocycles. The summed E-state index contributed by atoms with van der Waals surface area (Å²) in [5.41, 5.74) is 4.44. The van der Waals surface area contributed by atoms with Crippen molar-refractivity contribution in [1.82, 2.24) is 25.0 Å². The van der Waals surface area contributed by atoms with Crippen molar-refractivity contribution in [3.05, 3.63) is 46.5 Å². The summed E-state index contributed by atoms with van der Waals surface area (Å²) in [6.45, 7) is 5.05. The largest absolute Gasteiger partial charge is 0.346 e. The molecule has 2 aromatic heterocycles. The van der Waals surface area contributed by atoms with Crippen molar-refractivity contribution in [3.63, 3.8) is 0 Å². The minimum atomic E-state index is -0.167. The van der Waals surface area contributed by atoms with E-state index in [-0.39, 0.29) is 11.8 Å². The van der Waals surface area contributed by atoms with Gasteiger partial charge in [0.2, 0.25) is 5.91 Å². The van der Waals surface area contributed by atoms with E-state index in [1.165, 1.54) is 0 Å². The molecule has 0 saturated heterocycles. The fraction of sp³-hybridized carbons (Fsp3) is 0.412. The lowest BCUT2D eigenvalue weighted by Crippen LogP contribution is -2.35. The molecule has 0 fully saturated rings. The van der Waals surface area contributed by atoms with Crippen molar-refractivity contribution < 1.29 is 9.59 Å². The van der Waals surface area contributed by atoms with Crippen molar-refractivity contribution in [2.45, 2.75) is 33.4 Å². The molecule has 7 heteroatoms. The van der Waals surface area contributed by atoms with Gasteiger partial charge in [-0.3, -0.25) is 19.3 Å². The number of nitrogens with zero attached hydrogens (tertiary/aromatic N) is 4. The van der Waals surface area contributed by atoms with E-state index in [0.717, 1.165) is 28.9 Å². The third-order valence-electron chi connectivity index (χ3n) is 4.47. The second-order valence-electron chi connectivity index (χ2n) is 6.06. The fourth-order valence-electron chi connectivity index (χ4n) is 3.04. The van der Waals surface area contributed by atoms with E-state index in [9.17, 15) is 9.59 Å². The summed E-state index contributed by atoms with van der Waals surface area (Å²) in [6.07, 6.45) is 4.02. The van der Waals surface area contributed by atoms with Gasteiger partial charge in [0.25, 0.3) is 5.91 Å². The van der Waals surface area contributed by atoms with Crippen LogP contribution in [0.4, 0.5) is 0 Å². The van der Waals surface area contributed by atoms with E-state index in [1.807, 2.05) is 24.7 Å². The van der Waals surface area contributed by atoms with E-state index in [4.69, 9.17) is 0 Å². The Labute approximate surface area is 140 Å². The van der Waals surface area contributed by atoms with Crippen molar-refractivity contribution in [2.24, 2.45) is 7.05 Å². The molecule has 0 spiro atoms. The molecular weight excluding hydrogens is 306 g/mol. The van der Waals surface area contributed by atoms with Crippen LogP contribution in [0.1, 0.15) is 39.8 Å². The molecule has 126 valence electrons. The molecule has 0 bridgehead atoms. The number of fused-ring (bicyclic) bond motifs is 1. The van der Waals surface area contributed by atoms with Gasteiger partial charge >= 0.3 is 0 Å². The molecule has 7 nitrogen and oxygen atoms in total. The van der Waals surface area contributed by atoms with Crippen LogP contribution >= 0.6 is 0 Å². The topological polar surface area (TPSA) is 80.1 Å². The quantitative estimate of drug-likeness (QED) is 0.910. The fourth-order valence-corrected chi connectivity index (χ4v) is 3.04. The molecule has 2 amide bonds. The van der Waals surface area contributed by atoms with Crippen molar-refractivity contribution in [2.75, 3.05) is 6.54 Å². The second kappa shape index (κ2) is 6.43. The van der Waals surface area contributed by atoms with Gasteiger partial charge in [0.1, 0.15) is 0 Å². The summed E-state index contributed by atoms with van der Waals surface area (Å²) < 4.78 is 1.85. The predicted octanol–water partition coefficient (Wildman–Crippen LogP) is 0.958. The van der Waals surface area contributed by atoms with Crippen LogP contribution in [0.25, 0.3) is 0 Å². The van der Waals surface area contributed by atoms with Crippen LogP contribution in [0.3, 0.4) is 0 Å². The molecule has 1 aliphatic rings. The summed E-state index contributed by atoms with van der Waals surface area (Å²) in [6, 6.07) is 1.81. The van der Waals surface area contributed by atoms with Crippen molar-refractivity contribution in [1.29, 1.82) is 0 Å². The van der Waals surface area contributed by atoms with Gasteiger partial charge < -0.3 is 10.2 Å². The van der Waals surface area contributed by atoms with Gasteiger partial charge in [-0.25, -0.2) is 0 Å². The summed E-state index contributed by atoms with van der Waals surface area (Å²) in [5, 5.41) is 7.43. The van der Waals surface area contributed by atoms with E-state index in [2.05, 4.69) is 15.4 Å². The molecule has 24 heavy (non-hydrogen) atoms. The monoisotopic (exact) mass is 327 g/mol. The molecule has 1 aliphatic heterocycles. The first kappa shape index (κ1) is 16.2. The maximum atomic E-state index is 12.3. The zero-order valence-electron chi connectivity index (χ0n) is 14.2. The molecule has 0 radical (unpaired) electrons. The van der Waals surface area contributed by atoms with E-state index < -0.39 is 0 Å². The highest BCUT2D eigenvalue weighted by Gasteiger charge is 2.25. The highest BCUT2D eigenvalue weighted by Crippen LogP contribution is 2.22. The first-order valence-corrected chi connectivity index (χ1v) is 7.95. The number of hydrogen-bond donors (Lipinski definition) is 1. The molecule has 0 unspecified atom stereocenters. The van der Waals surface area contributed by atoms with Crippen LogP contribution in [0, 0.1) is 6.92 Å². The number of hydrogen-bond acceptors (Lipinski definition) is 4. The highest BCUT2D eigenvalue weighted by molar-refractivity contribution is 5.95. The number of aromatic nitrogens is 3. The zero-order chi connectivity index (χ0) is 17.3. The molecule has 2 aromatic rings. The van der Waals surface area contributed by atoms with Crippen LogP contribution in [-0.2, 0) is 31.4 Å². The Hall–Kier alpha value is -2.70. The lowest BCUT2D eigenvalue weighted by Gasteiger charge is -2.26. The number of rotatable bonds is 3. The summed E-state index contributed by atoms with van der Waals surface area (Å²) in [5.74, 6) is -0.107. The standard InChI is InChI=1S/C17H21N5O2/c1-11-4-6-18-8-13(11)17(24)19-9-15-14-10-22(12(2)23)7-5-16(14)21(3)20-15/h4,6,8H,5,7,9-10H2,1-3H3,(H,19,24). The third-order valence-corrected chi connectivity index (χ3v) is 4.47. The Morgan fingerprint density at radius 1 is 1.38 bits per heavy atom. The van der Waals surface area contributed by atoms with Gasteiger partial charge in [-0.05, 0) is 18.6 Å². The Kier molecular flexibility index (Phi) is 4.33. The SMILES string of the molecule is CC(=O)N1CCc2c(c(CNC(=O)c3cnccc3C)nn2C)C1. The molecule has 0 aromatic carbocycles. The van der Waals surface area contributed by atoms with Crippen molar-refractivity contribution >= 4 is 11.8 Å². The van der Waals surface area contributed by atoms with E-state index in [1.54, 1.807) is 24.2 Å². The summed E-state index contributed by atoms with van der Waals surface area (Å²) in [7, 11) is 1.90. The maximum absolute atomic E-state index is 12.3. The summed E-state index contributed by atoms with van der Waals surface area (Å²) >= 11 is 0. The Morgan fingerprint density at radius 3 is 2.88 bits per heavy atom. The first-order chi connectivity index (χ1) is 11.5. The lowest BCUT2D eigenvalue weighted by atomic mass is 10.0. The Bertz CT molecular complexity index is 796. The normalized spacial score (nSPS) is 13.5. The third kappa shape index (κ3) is 3.02. The highest BCUT2D eigenvalue weighted by atomic mass is 16.2. The molecular formula is C17H21N5O2. The average Bonchev–Trinajstić information content (AvgIpc) is 2.88. The number of amides is 2. The average molecular weight is 327 g/mol. The smallest absolute Gasteiger partial charge is 0.253 e. The van der Waals surface area contributed by atoms with Gasteiger partial charge in [-0.1, -0.05) is 0 Å². The first-order valence-electron chi connectivity index (χ1n) is 7.95. The predicted molar refractivity (Wildman–Crippen MR) is 88.1 cm³/mol. The number of carbonyl (C=O) groups is 2. The molecule has 0 atom stereocenters. The molecule has 3 rings (SSSR count). The molecule has 0 aliphatic carbocycles. The number of aryl methyl sites for hydroxylation is 2. The maximum Gasteiger partial charge on any atom is 0.253 e. The van der Waals surface area contributed by atoms with E-state index >= 15 is 0 Å². The lowest BCUT2D eigenvalue weighted by molar-refractivity contribution is -0.129. The van der Waals surface area contributed by atoms with Gasteiger partial charge in [0.15, 0.2) is 0 Å². The van der Waals surface area contributed by atoms with Gasteiger partial charge in [0.05, 0.1) is 17.8 Å². The molecule has 1 N–H and O–H groups in total. The summed E-state index contributed by atoms with van der Waals surface area (Å²) in [4.78, 5) is 29.8. The number of carbonyl (C=O) groups excluding carboxylic acids is 2. The van der Waals surface area contributed by atoms with Gasteiger partial charge in [-0.15, -0.1) is 0 Å². The Morgan fingerprint density at radius 2 is 2.17 bits per heavy atom. The van der Waals surface area contributed by atoms with Crippen molar-refractivity contribution in [3.8, 4) is 0 Å².